The van der Waals surface area contributed by atoms with Gasteiger partial charge in [-0.05, 0) is 28.1 Å². The van der Waals surface area contributed by atoms with E-state index in [0.29, 0.717) is 18.8 Å². The van der Waals surface area contributed by atoms with E-state index in [1.807, 2.05) is 0 Å². The van der Waals surface area contributed by atoms with E-state index >= 15 is 0 Å². The molecule has 0 radical (unpaired) electrons. The monoisotopic (exact) mass is 253 g/mol. The van der Waals surface area contributed by atoms with Crippen molar-refractivity contribution in [1.82, 2.24) is 20.2 Å². The number of halogens is 1. The third-order valence-corrected chi connectivity index (χ3v) is 3.15. The molecule has 7 heteroatoms. The summed E-state index contributed by atoms with van der Waals surface area (Å²) in [4.78, 5) is 0. The van der Waals surface area contributed by atoms with E-state index in [4.69, 9.17) is 5.73 Å². The molecule has 0 amide bonds. The van der Waals surface area contributed by atoms with E-state index in [2.05, 4.69) is 15.5 Å². The average molecular weight is 253 g/mol. The Labute approximate surface area is 102 Å². The van der Waals surface area contributed by atoms with E-state index in [9.17, 15) is 4.39 Å². The zero-order valence-corrected chi connectivity index (χ0v) is 9.90. The van der Waals surface area contributed by atoms with Crippen LogP contribution in [0, 0.1) is 5.82 Å². The zero-order valence-electron chi connectivity index (χ0n) is 9.08. The van der Waals surface area contributed by atoms with Crippen LogP contribution in [-0.2, 0) is 12.3 Å². The number of rotatable bonds is 5. The predicted molar refractivity (Wildman–Crippen MR) is 62.8 cm³/mol. The molecule has 2 aromatic rings. The Morgan fingerprint density at radius 3 is 2.76 bits per heavy atom. The van der Waals surface area contributed by atoms with E-state index < -0.39 is 0 Å². The quantitative estimate of drug-likeness (QED) is 0.807. The number of hydrogen-bond acceptors (Lipinski definition) is 5. The first-order valence-corrected chi connectivity index (χ1v) is 6.11. The number of aromatic nitrogens is 4. The van der Waals surface area contributed by atoms with Crippen molar-refractivity contribution in [3.8, 4) is 0 Å². The molecule has 17 heavy (non-hydrogen) atoms. The molecule has 90 valence electrons. The SMILES string of the molecule is NCCn1nnnc1SCc1ccc(F)cc1. The lowest BCUT2D eigenvalue weighted by Gasteiger charge is -2.02. The summed E-state index contributed by atoms with van der Waals surface area (Å²) in [5, 5.41) is 12.0. The predicted octanol–water partition coefficient (Wildman–Crippen LogP) is 1.06. The Balaban J connectivity index is 1.97. The molecule has 0 spiro atoms. The standard InChI is InChI=1S/C10H12FN5S/c11-9-3-1-8(2-4-9)7-17-10-13-14-15-16(10)6-5-12/h1-4H,5-7,12H2. The maximum Gasteiger partial charge on any atom is 0.209 e. The molecule has 0 aliphatic heterocycles. The van der Waals surface area contributed by atoms with Crippen molar-refractivity contribution >= 4 is 11.8 Å². The van der Waals surface area contributed by atoms with Gasteiger partial charge in [-0.25, -0.2) is 9.07 Å². The molecule has 5 nitrogen and oxygen atoms in total. The number of hydrogen-bond donors (Lipinski definition) is 1. The molecule has 1 aromatic heterocycles. The molecule has 0 unspecified atom stereocenters. The van der Waals surface area contributed by atoms with Gasteiger partial charge in [0.2, 0.25) is 5.16 Å². The molecular formula is C10H12FN5S. The van der Waals surface area contributed by atoms with E-state index in [-0.39, 0.29) is 5.82 Å². The zero-order chi connectivity index (χ0) is 12.1. The van der Waals surface area contributed by atoms with Crippen LogP contribution in [0.15, 0.2) is 29.4 Å². The summed E-state index contributed by atoms with van der Waals surface area (Å²) < 4.78 is 14.4. The van der Waals surface area contributed by atoms with Crippen molar-refractivity contribution in [2.24, 2.45) is 5.73 Å². The van der Waals surface area contributed by atoms with Crippen LogP contribution in [0.5, 0.6) is 0 Å². The lowest BCUT2D eigenvalue weighted by Crippen LogP contribution is -2.12. The van der Waals surface area contributed by atoms with Crippen molar-refractivity contribution in [3.63, 3.8) is 0 Å². The molecule has 2 N–H and O–H groups in total. The number of thioether (sulfide) groups is 1. The van der Waals surface area contributed by atoms with Crippen LogP contribution in [0.4, 0.5) is 4.39 Å². The number of tetrazole rings is 1. The first-order valence-electron chi connectivity index (χ1n) is 5.13. The molecule has 0 aliphatic carbocycles. The second-order valence-corrected chi connectivity index (χ2v) is 4.33. The van der Waals surface area contributed by atoms with Gasteiger partial charge in [-0.3, -0.25) is 0 Å². The number of nitrogens with zero attached hydrogens (tertiary/aromatic N) is 4. The molecule has 0 saturated carbocycles. The average Bonchev–Trinajstić information content (AvgIpc) is 2.77. The lowest BCUT2D eigenvalue weighted by molar-refractivity contribution is 0.557. The molecule has 0 saturated heterocycles. The minimum atomic E-state index is -0.230. The van der Waals surface area contributed by atoms with Crippen molar-refractivity contribution in [2.75, 3.05) is 6.54 Å². The van der Waals surface area contributed by atoms with Crippen LogP contribution in [-0.4, -0.2) is 26.8 Å². The third-order valence-electron chi connectivity index (χ3n) is 2.12. The van der Waals surface area contributed by atoms with Gasteiger partial charge in [0.05, 0.1) is 6.54 Å². The third kappa shape index (κ3) is 3.24. The maximum atomic E-state index is 12.7. The topological polar surface area (TPSA) is 69.6 Å². The summed E-state index contributed by atoms with van der Waals surface area (Å²) in [6.45, 7) is 1.09. The fraction of sp³-hybridized carbons (Fsp3) is 0.300. The van der Waals surface area contributed by atoms with Crippen molar-refractivity contribution < 1.29 is 4.39 Å². The van der Waals surface area contributed by atoms with E-state index in [1.165, 1.54) is 23.9 Å². The summed E-state index contributed by atoms with van der Waals surface area (Å²) in [5.41, 5.74) is 6.47. The highest BCUT2D eigenvalue weighted by molar-refractivity contribution is 7.98. The Morgan fingerprint density at radius 2 is 2.06 bits per heavy atom. The minimum absolute atomic E-state index is 0.230. The fourth-order valence-electron chi connectivity index (χ4n) is 1.29. The van der Waals surface area contributed by atoms with E-state index in [1.54, 1.807) is 16.8 Å². The van der Waals surface area contributed by atoms with Crippen LogP contribution in [0.2, 0.25) is 0 Å². The highest BCUT2D eigenvalue weighted by atomic mass is 32.2. The second-order valence-electron chi connectivity index (χ2n) is 3.39. The number of benzene rings is 1. The Bertz CT molecular complexity index is 470. The van der Waals surface area contributed by atoms with Crippen molar-refractivity contribution in [3.05, 3.63) is 35.6 Å². The summed E-state index contributed by atoms with van der Waals surface area (Å²) in [7, 11) is 0. The van der Waals surface area contributed by atoms with Crippen LogP contribution in [0.1, 0.15) is 5.56 Å². The molecular weight excluding hydrogens is 241 g/mol. The fourth-order valence-corrected chi connectivity index (χ4v) is 2.15. The molecule has 1 heterocycles. The van der Waals surface area contributed by atoms with Gasteiger partial charge in [-0.2, -0.15) is 0 Å². The van der Waals surface area contributed by atoms with Gasteiger partial charge in [0.1, 0.15) is 5.82 Å². The minimum Gasteiger partial charge on any atom is -0.329 e. The van der Waals surface area contributed by atoms with Crippen LogP contribution in [0.25, 0.3) is 0 Å². The largest absolute Gasteiger partial charge is 0.329 e. The molecule has 1 aromatic carbocycles. The van der Waals surface area contributed by atoms with Gasteiger partial charge in [0, 0.05) is 12.3 Å². The number of nitrogens with two attached hydrogens (primary N) is 1. The summed E-state index contributed by atoms with van der Waals surface area (Å²) in [5.74, 6) is 0.470. The summed E-state index contributed by atoms with van der Waals surface area (Å²) >= 11 is 1.50. The Hall–Kier alpha value is -1.47. The molecule has 0 atom stereocenters. The highest BCUT2D eigenvalue weighted by Crippen LogP contribution is 2.19. The van der Waals surface area contributed by atoms with Gasteiger partial charge in [0.25, 0.3) is 0 Å². The summed E-state index contributed by atoms with van der Waals surface area (Å²) in [6.07, 6.45) is 0. The first kappa shape index (κ1) is 12.0. The van der Waals surface area contributed by atoms with Crippen LogP contribution in [0.3, 0.4) is 0 Å². The molecule has 0 aliphatic rings. The van der Waals surface area contributed by atoms with Gasteiger partial charge < -0.3 is 5.73 Å². The van der Waals surface area contributed by atoms with E-state index in [0.717, 1.165) is 10.7 Å². The molecule has 0 bridgehead atoms. The second kappa shape index (κ2) is 5.74. The van der Waals surface area contributed by atoms with Crippen molar-refractivity contribution in [2.45, 2.75) is 17.5 Å². The van der Waals surface area contributed by atoms with Gasteiger partial charge in [-0.1, -0.05) is 23.9 Å². The van der Waals surface area contributed by atoms with Crippen molar-refractivity contribution in [1.29, 1.82) is 0 Å². The summed E-state index contributed by atoms with van der Waals surface area (Å²) in [6, 6.07) is 6.39. The smallest absolute Gasteiger partial charge is 0.209 e. The van der Waals surface area contributed by atoms with Crippen LogP contribution >= 0.6 is 11.8 Å². The van der Waals surface area contributed by atoms with Gasteiger partial charge in [-0.15, -0.1) is 5.10 Å². The highest BCUT2D eigenvalue weighted by Gasteiger charge is 2.06. The molecule has 2 rings (SSSR count). The Kier molecular flexibility index (Phi) is 4.05. The lowest BCUT2D eigenvalue weighted by atomic mass is 10.2. The molecule has 0 fully saturated rings. The maximum absolute atomic E-state index is 12.7. The first-order chi connectivity index (χ1) is 8.29. The van der Waals surface area contributed by atoms with Gasteiger partial charge >= 0.3 is 0 Å². The Morgan fingerprint density at radius 1 is 1.29 bits per heavy atom. The van der Waals surface area contributed by atoms with Crippen LogP contribution < -0.4 is 5.73 Å². The van der Waals surface area contributed by atoms with Gasteiger partial charge in [0.15, 0.2) is 0 Å². The normalized spacial score (nSPS) is 10.7.